The third-order valence-electron chi connectivity index (χ3n) is 5.67. The molecule has 2 amide bonds. The predicted molar refractivity (Wildman–Crippen MR) is 125 cm³/mol. The van der Waals surface area contributed by atoms with Gasteiger partial charge in [0.25, 0.3) is 11.8 Å². The molecule has 9 nitrogen and oxygen atoms in total. The lowest BCUT2D eigenvalue weighted by molar-refractivity contribution is 0.0724. The minimum Gasteiger partial charge on any atom is -0.399 e. The first-order chi connectivity index (χ1) is 16.1. The molecule has 1 saturated heterocycles. The molecule has 0 bridgehead atoms. The van der Waals surface area contributed by atoms with Gasteiger partial charge in [-0.2, -0.15) is 0 Å². The minimum absolute atomic E-state index is 0.0506. The monoisotopic (exact) mass is 441 g/mol. The van der Waals surface area contributed by atoms with E-state index < -0.39 is 0 Å². The molecule has 166 valence electrons. The molecule has 0 unspecified atom stereocenters. The number of hydrogen-bond donors (Lipinski definition) is 2. The van der Waals surface area contributed by atoms with Crippen molar-refractivity contribution in [3.8, 4) is 5.69 Å². The molecular formula is C24H23N7O2. The maximum absolute atomic E-state index is 13.0. The fraction of sp³-hybridized carbons (Fsp3) is 0.208. The van der Waals surface area contributed by atoms with Gasteiger partial charge in [0, 0.05) is 36.7 Å². The quantitative estimate of drug-likeness (QED) is 0.469. The van der Waals surface area contributed by atoms with Crippen LogP contribution in [0.5, 0.6) is 0 Å². The van der Waals surface area contributed by atoms with Crippen LogP contribution < -0.4 is 11.1 Å². The average Bonchev–Trinajstić information content (AvgIpc) is 3.21. The summed E-state index contributed by atoms with van der Waals surface area (Å²) in [4.78, 5) is 41.0. The van der Waals surface area contributed by atoms with Gasteiger partial charge in [0.05, 0.1) is 17.4 Å². The number of likely N-dealkylation sites (tertiary alicyclic amines) is 1. The molecule has 0 atom stereocenters. The van der Waals surface area contributed by atoms with Crippen LogP contribution in [0.2, 0.25) is 0 Å². The standard InChI is InChI=1S/C24H23N7O2/c25-18-7-4-6-16(12-18)22(32)29-24-28-20-13-17(23(33)30-10-2-1-3-11-30)14-27-21(20)31(24)19-8-5-9-26-15-19/h4-9,12-15H,1-3,10-11,25H2,(H,28,29,32). The lowest BCUT2D eigenvalue weighted by Gasteiger charge is -2.26. The summed E-state index contributed by atoms with van der Waals surface area (Å²) in [7, 11) is 0. The van der Waals surface area contributed by atoms with Crippen molar-refractivity contribution in [3.05, 3.63) is 72.2 Å². The Balaban J connectivity index is 1.55. The predicted octanol–water partition coefficient (Wildman–Crippen LogP) is 3.28. The zero-order chi connectivity index (χ0) is 22.8. The maximum Gasteiger partial charge on any atom is 0.258 e. The number of rotatable bonds is 4. The van der Waals surface area contributed by atoms with E-state index in [-0.39, 0.29) is 17.8 Å². The Hall–Kier alpha value is -4.27. The SMILES string of the molecule is Nc1cccc(C(=O)Nc2nc3cc(C(=O)N4CCCCC4)cnc3n2-c2cccnc2)c1. The van der Waals surface area contributed by atoms with E-state index in [9.17, 15) is 9.59 Å². The molecule has 0 saturated carbocycles. The van der Waals surface area contributed by atoms with E-state index in [0.717, 1.165) is 32.4 Å². The molecule has 9 heteroatoms. The van der Waals surface area contributed by atoms with E-state index in [1.807, 2.05) is 11.0 Å². The summed E-state index contributed by atoms with van der Waals surface area (Å²) in [6, 6.07) is 12.1. The van der Waals surface area contributed by atoms with Crippen LogP contribution in [0.25, 0.3) is 16.9 Å². The third kappa shape index (κ3) is 4.12. The van der Waals surface area contributed by atoms with E-state index >= 15 is 0 Å². The van der Waals surface area contributed by atoms with Crippen LogP contribution in [-0.2, 0) is 0 Å². The maximum atomic E-state index is 13.0. The number of benzene rings is 1. The molecule has 4 heterocycles. The molecule has 5 rings (SSSR count). The van der Waals surface area contributed by atoms with E-state index in [0.29, 0.717) is 33.7 Å². The van der Waals surface area contributed by atoms with E-state index in [4.69, 9.17) is 5.73 Å². The molecule has 0 radical (unpaired) electrons. The number of carbonyl (C=O) groups excluding carboxylic acids is 2. The number of pyridine rings is 2. The first kappa shape index (κ1) is 20.6. The van der Waals surface area contributed by atoms with Crippen LogP contribution in [0.3, 0.4) is 0 Å². The summed E-state index contributed by atoms with van der Waals surface area (Å²) in [6.07, 6.45) is 8.06. The molecule has 0 aliphatic carbocycles. The summed E-state index contributed by atoms with van der Waals surface area (Å²) in [5.41, 5.74) is 8.91. The summed E-state index contributed by atoms with van der Waals surface area (Å²) in [5, 5.41) is 2.85. The van der Waals surface area contributed by atoms with Gasteiger partial charge >= 0.3 is 0 Å². The number of fused-ring (bicyclic) bond motifs is 1. The smallest absolute Gasteiger partial charge is 0.258 e. The molecule has 3 aromatic heterocycles. The van der Waals surface area contributed by atoms with E-state index in [2.05, 4.69) is 20.3 Å². The summed E-state index contributed by atoms with van der Waals surface area (Å²) in [6.45, 7) is 1.50. The highest BCUT2D eigenvalue weighted by molar-refractivity contribution is 6.05. The van der Waals surface area contributed by atoms with Gasteiger partial charge in [-0.05, 0) is 55.7 Å². The third-order valence-corrected chi connectivity index (χ3v) is 5.67. The summed E-state index contributed by atoms with van der Waals surface area (Å²) >= 11 is 0. The van der Waals surface area contributed by atoms with Crippen molar-refractivity contribution in [3.63, 3.8) is 0 Å². The van der Waals surface area contributed by atoms with Crippen molar-refractivity contribution in [1.29, 1.82) is 0 Å². The van der Waals surface area contributed by atoms with Crippen molar-refractivity contribution in [1.82, 2.24) is 24.4 Å². The average molecular weight is 441 g/mol. The molecule has 0 spiro atoms. The van der Waals surface area contributed by atoms with Crippen molar-refractivity contribution in [2.45, 2.75) is 19.3 Å². The Morgan fingerprint density at radius 1 is 0.970 bits per heavy atom. The molecular weight excluding hydrogens is 418 g/mol. The number of nitrogens with zero attached hydrogens (tertiary/aromatic N) is 5. The second-order valence-electron chi connectivity index (χ2n) is 7.98. The minimum atomic E-state index is -0.354. The Bertz CT molecular complexity index is 1330. The highest BCUT2D eigenvalue weighted by Gasteiger charge is 2.22. The first-order valence-corrected chi connectivity index (χ1v) is 10.9. The molecule has 1 aromatic carbocycles. The first-order valence-electron chi connectivity index (χ1n) is 10.9. The van der Waals surface area contributed by atoms with Gasteiger partial charge in [-0.25, -0.2) is 9.97 Å². The number of nitrogens with one attached hydrogen (secondary N) is 1. The number of nitrogen functional groups attached to an aromatic ring is 1. The molecule has 33 heavy (non-hydrogen) atoms. The second kappa shape index (κ2) is 8.70. The van der Waals surface area contributed by atoms with Gasteiger partial charge in [-0.3, -0.25) is 24.5 Å². The van der Waals surface area contributed by atoms with Crippen LogP contribution in [0.1, 0.15) is 40.0 Å². The largest absolute Gasteiger partial charge is 0.399 e. The molecule has 4 aromatic rings. The lowest BCUT2D eigenvalue weighted by Crippen LogP contribution is -2.35. The zero-order valence-electron chi connectivity index (χ0n) is 17.9. The van der Waals surface area contributed by atoms with Crippen LogP contribution in [0.4, 0.5) is 11.6 Å². The van der Waals surface area contributed by atoms with Crippen LogP contribution >= 0.6 is 0 Å². The number of anilines is 2. The number of nitrogens with two attached hydrogens (primary N) is 1. The molecule has 3 N–H and O–H groups in total. The highest BCUT2D eigenvalue weighted by Crippen LogP contribution is 2.25. The second-order valence-corrected chi connectivity index (χ2v) is 7.98. The normalized spacial score (nSPS) is 13.8. The Labute approximate surface area is 190 Å². The zero-order valence-corrected chi connectivity index (χ0v) is 17.9. The van der Waals surface area contributed by atoms with Crippen LogP contribution in [0, 0.1) is 0 Å². The van der Waals surface area contributed by atoms with Gasteiger partial charge in [-0.15, -0.1) is 0 Å². The Morgan fingerprint density at radius 3 is 2.58 bits per heavy atom. The van der Waals surface area contributed by atoms with Crippen molar-refractivity contribution < 1.29 is 9.59 Å². The van der Waals surface area contributed by atoms with Crippen LogP contribution in [0.15, 0.2) is 61.1 Å². The van der Waals surface area contributed by atoms with E-state index in [1.165, 1.54) is 0 Å². The molecule has 1 aliphatic heterocycles. The Kier molecular flexibility index (Phi) is 5.43. The van der Waals surface area contributed by atoms with Crippen molar-refractivity contribution >= 4 is 34.6 Å². The van der Waals surface area contributed by atoms with Gasteiger partial charge in [-0.1, -0.05) is 6.07 Å². The van der Waals surface area contributed by atoms with Gasteiger partial charge < -0.3 is 10.6 Å². The van der Waals surface area contributed by atoms with Crippen molar-refractivity contribution in [2.24, 2.45) is 0 Å². The summed E-state index contributed by atoms with van der Waals surface area (Å²) in [5.74, 6) is -0.127. The number of imidazole rings is 1. The Morgan fingerprint density at radius 2 is 1.82 bits per heavy atom. The van der Waals surface area contributed by atoms with Crippen molar-refractivity contribution in [2.75, 3.05) is 24.1 Å². The van der Waals surface area contributed by atoms with E-state index in [1.54, 1.807) is 59.6 Å². The number of piperidine rings is 1. The lowest BCUT2D eigenvalue weighted by atomic mass is 10.1. The molecule has 1 aliphatic rings. The van der Waals surface area contributed by atoms with Gasteiger partial charge in [0.15, 0.2) is 5.65 Å². The van der Waals surface area contributed by atoms with Crippen LogP contribution in [-0.4, -0.2) is 49.3 Å². The number of aromatic nitrogens is 4. The highest BCUT2D eigenvalue weighted by atomic mass is 16.2. The van der Waals surface area contributed by atoms with Gasteiger partial charge in [0.2, 0.25) is 5.95 Å². The fourth-order valence-corrected chi connectivity index (χ4v) is 4.03. The number of carbonyl (C=O) groups is 2. The van der Waals surface area contributed by atoms with Gasteiger partial charge in [0.1, 0.15) is 5.52 Å². The molecule has 1 fully saturated rings. The summed E-state index contributed by atoms with van der Waals surface area (Å²) < 4.78 is 1.71. The number of amides is 2. The fourth-order valence-electron chi connectivity index (χ4n) is 4.03. The number of hydrogen-bond acceptors (Lipinski definition) is 6. The topological polar surface area (TPSA) is 119 Å².